The third kappa shape index (κ3) is 9.78. The number of thioether (sulfide) groups is 1. The van der Waals surface area contributed by atoms with Crippen LogP contribution in [-0.2, 0) is 9.53 Å². The second-order valence-electron chi connectivity index (χ2n) is 2.29. The molecule has 3 nitrogen and oxygen atoms in total. The highest BCUT2D eigenvalue weighted by atomic mass is 32.2. The molecule has 1 amide bonds. The van der Waals surface area contributed by atoms with E-state index < -0.39 is 0 Å². The van der Waals surface area contributed by atoms with Gasteiger partial charge in [-0.25, -0.2) is 0 Å². The van der Waals surface area contributed by atoms with Crippen LogP contribution in [0.4, 0.5) is 0 Å². The maximum Gasteiger partial charge on any atom is 0.216 e. The fraction of sp³-hybridized carbons (Fsp3) is 0.875. The lowest BCUT2D eigenvalue weighted by Gasteiger charge is -2.02. The summed E-state index contributed by atoms with van der Waals surface area (Å²) in [5, 5.41) is 2.74. The van der Waals surface area contributed by atoms with Crippen molar-refractivity contribution in [3.05, 3.63) is 0 Å². The van der Waals surface area contributed by atoms with Crippen LogP contribution in [0.2, 0.25) is 0 Å². The minimum absolute atomic E-state index is 0.0420. The van der Waals surface area contributed by atoms with Crippen LogP contribution in [0.3, 0.4) is 0 Å². The summed E-state index contributed by atoms with van der Waals surface area (Å²) in [7, 11) is 0. The molecule has 0 aromatic rings. The van der Waals surface area contributed by atoms with Gasteiger partial charge >= 0.3 is 0 Å². The molecule has 0 aliphatic rings. The topological polar surface area (TPSA) is 38.3 Å². The van der Waals surface area contributed by atoms with E-state index >= 15 is 0 Å². The Labute approximate surface area is 78.2 Å². The standard InChI is InChI=1S/C8H17NO2S/c1-3-11-5-7-12-6-4-9-8(2)10/h3-7H2,1-2H3,(H,9,10). The van der Waals surface area contributed by atoms with Gasteiger partial charge in [0.2, 0.25) is 5.91 Å². The van der Waals surface area contributed by atoms with Crippen molar-refractivity contribution in [1.29, 1.82) is 0 Å². The molecule has 0 saturated heterocycles. The minimum Gasteiger partial charge on any atom is -0.381 e. The van der Waals surface area contributed by atoms with Gasteiger partial charge in [-0.2, -0.15) is 11.8 Å². The molecule has 0 aromatic heterocycles. The molecule has 72 valence electrons. The van der Waals surface area contributed by atoms with E-state index in [-0.39, 0.29) is 5.91 Å². The number of hydrogen-bond acceptors (Lipinski definition) is 3. The molecule has 0 radical (unpaired) electrons. The predicted octanol–water partition coefficient (Wildman–Crippen LogP) is 0.892. The zero-order valence-corrected chi connectivity index (χ0v) is 8.58. The molecule has 12 heavy (non-hydrogen) atoms. The quantitative estimate of drug-likeness (QED) is 0.607. The van der Waals surface area contributed by atoms with E-state index in [0.29, 0.717) is 0 Å². The molecule has 0 rings (SSSR count). The van der Waals surface area contributed by atoms with Gasteiger partial charge in [0, 0.05) is 31.6 Å². The monoisotopic (exact) mass is 191 g/mol. The Kier molecular flexibility index (Phi) is 8.71. The number of rotatable bonds is 7. The van der Waals surface area contributed by atoms with Gasteiger partial charge in [-0.3, -0.25) is 4.79 Å². The molecule has 0 aliphatic heterocycles. The van der Waals surface area contributed by atoms with Crippen molar-refractivity contribution >= 4 is 17.7 Å². The summed E-state index contributed by atoms with van der Waals surface area (Å²) >= 11 is 1.80. The van der Waals surface area contributed by atoms with Gasteiger partial charge in [-0.05, 0) is 6.92 Å². The first-order valence-corrected chi connectivity index (χ1v) is 5.32. The summed E-state index contributed by atoms with van der Waals surface area (Å²) in [4.78, 5) is 10.4. The SMILES string of the molecule is CCOCCSCCNC(C)=O. The number of amides is 1. The highest BCUT2D eigenvalue weighted by molar-refractivity contribution is 7.99. The first-order chi connectivity index (χ1) is 5.77. The molecule has 0 aliphatic carbocycles. The van der Waals surface area contributed by atoms with Crippen LogP contribution in [0.1, 0.15) is 13.8 Å². The summed E-state index contributed by atoms with van der Waals surface area (Å²) in [6.07, 6.45) is 0. The van der Waals surface area contributed by atoms with Crippen LogP contribution in [-0.4, -0.2) is 37.2 Å². The van der Waals surface area contributed by atoms with Crippen LogP contribution < -0.4 is 5.32 Å². The van der Waals surface area contributed by atoms with Crippen LogP contribution in [0.5, 0.6) is 0 Å². The van der Waals surface area contributed by atoms with Gasteiger partial charge in [0.05, 0.1) is 6.61 Å². The molecule has 0 atom stereocenters. The second-order valence-corrected chi connectivity index (χ2v) is 3.52. The Hall–Kier alpha value is -0.220. The summed E-state index contributed by atoms with van der Waals surface area (Å²) < 4.78 is 5.15. The summed E-state index contributed by atoms with van der Waals surface area (Å²) in [5.74, 6) is 2.01. The van der Waals surface area contributed by atoms with Crippen LogP contribution in [0, 0.1) is 0 Å². The van der Waals surface area contributed by atoms with Crippen LogP contribution >= 0.6 is 11.8 Å². The summed E-state index contributed by atoms with van der Waals surface area (Å²) in [6.45, 7) is 5.87. The van der Waals surface area contributed by atoms with E-state index in [9.17, 15) is 4.79 Å². The third-order valence-electron chi connectivity index (χ3n) is 1.20. The zero-order chi connectivity index (χ0) is 9.23. The van der Waals surface area contributed by atoms with Crippen molar-refractivity contribution in [2.45, 2.75) is 13.8 Å². The fourth-order valence-corrected chi connectivity index (χ4v) is 1.35. The van der Waals surface area contributed by atoms with Crippen molar-refractivity contribution < 1.29 is 9.53 Å². The smallest absolute Gasteiger partial charge is 0.216 e. The van der Waals surface area contributed by atoms with Crippen LogP contribution in [0.25, 0.3) is 0 Å². The molecule has 0 spiro atoms. The average Bonchev–Trinajstić information content (AvgIpc) is 2.02. The van der Waals surface area contributed by atoms with Gasteiger partial charge in [0.1, 0.15) is 0 Å². The van der Waals surface area contributed by atoms with E-state index in [1.54, 1.807) is 11.8 Å². The van der Waals surface area contributed by atoms with Crippen LogP contribution in [0.15, 0.2) is 0 Å². The zero-order valence-electron chi connectivity index (χ0n) is 7.76. The Bertz CT molecular complexity index is 120. The molecule has 0 aromatic carbocycles. The summed E-state index contributed by atoms with van der Waals surface area (Å²) in [5.41, 5.74) is 0. The maximum atomic E-state index is 10.4. The Morgan fingerprint density at radius 1 is 1.50 bits per heavy atom. The third-order valence-corrected chi connectivity index (χ3v) is 2.14. The number of hydrogen-bond donors (Lipinski definition) is 1. The molecular weight excluding hydrogens is 174 g/mol. The largest absolute Gasteiger partial charge is 0.381 e. The first kappa shape index (κ1) is 11.8. The molecule has 1 N–H and O–H groups in total. The van der Waals surface area contributed by atoms with E-state index in [4.69, 9.17) is 4.74 Å². The number of carbonyl (C=O) groups is 1. The van der Waals surface area contributed by atoms with Crippen molar-refractivity contribution in [2.24, 2.45) is 0 Å². The highest BCUT2D eigenvalue weighted by Gasteiger charge is 1.91. The fourth-order valence-electron chi connectivity index (χ4n) is 0.663. The molecule has 0 saturated carbocycles. The van der Waals surface area contributed by atoms with Gasteiger partial charge < -0.3 is 10.1 Å². The second kappa shape index (κ2) is 8.87. The molecule has 0 fully saturated rings. The normalized spacial score (nSPS) is 9.83. The lowest BCUT2D eigenvalue weighted by Crippen LogP contribution is -2.22. The Balaban J connectivity index is 2.86. The van der Waals surface area contributed by atoms with E-state index in [1.807, 2.05) is 6.92 Å². The first-order valence-electron chi connectivity index (χ1n) is 4.17. The van der Waals surface area contributed by atoms with Gasteiger partial charge in [0.25, 0.3) is 0 Å². The lowest BCUT2D eigenvalue weighted by atomic mass is 10.6. The Morgan fingerprint density at radius 3 is 2.83 bits per heavy atom. The Morgan fingerprint density at radius 2 is 2.25 bits per heavy atom. The van der Waals surface area contributed by atoms with Gasteiger partial charge in [-0.1, -0.05) is 0 Å². The molecular formula is C8H17NO2S. The van der Waals surface area contributed by atoms with E-state index in [0.717, 1.165) is 31.3 Å². The number of ether oxygens (including phenoxy) is 1. The maximum absolute atomic E-state index is 10.4. The molecule has 0 heterocycles. The number of carbonyl (C=O) groups excluding carboxylic acids is 1. The van der Waals surface area contributed by atoms with Crippen molar-refractivity contribution in [3.63, 3.8) is 0 Å². The molecule has 0 bridgehead atoms. The van der Waals surface area contributed by atoms with E-state index in [1.165, 1.54) is 6.92 Å². The number of nitrogens with one attached hydrogen (secondary N) is 1. The molecule has 4 heteroatoms. The average molecular weight is 191 g/mol. The van der Waals surface area contributed by atoms with Gasteiger partial charge in [-0.15, -0.1) is 0 Å². The van der Waals surface area contributed by atoms with Gasteiger partial charge in [0.15, 0.2) is 0 Å². The summed E-state index contributed by atoms with van der Waals surface area (Å²) in [6, 6.07) is 0. The van der Waals surface area contributed by atoms with Crippen molar-refractivity contribution in [3.8, 4) is 0 Å². The molecule has 0 unspecified atom stereocenters. The minimum atomic E-state index is 0.0420. The lowest BCUT2D eigenvalue weighted by molar-refractivity contribution is -0.118. The van der Waals surface area contributed by atoms with Crippen molar-refractivity contribution in [2.75, 3.05) is 31.3 Å². The highest BCUT2D eigenvalue weighted by Crippen LogP contribution is 1.97. The van der Waals surface area contributed by atoms with Crippen molar-refractivity contribution in [1.82, 2.24) is 5.32 Å². The predicted molar refractivity (Wildman–Crippen MR) is 52.5 cm³/mol. The van der Waals surface area contributed by atoms with E-state index in [2.05, 4.69) is 5.32 Å².